The SMILES string of the molecule is COc1ccc(C2(C(=O)Nc3ccc(OC4CCCC4)c(C)c3)CCCC2)cc1. The van der Waals surface area contributed by atoms with Crippen LogP contribution in [0.3, 0.4) is 0 Å². The van der Waals surface area contributed by atoms with Gasteiger partial charge in [0.15, 0.2) is 0 Å². The van der Waals surface area contributed by atoms with Crippen molar-refractivity contribution in [2.75, 3.05) is 12.4 Å². The number of nitrogens with one attached hydrogen (secondary N) is 1. The third kappa shape index (κ3) is 4.12. The van der Waals surface area contributed by atoms with Gasteiger partial charge in [0.2, 0.25) is 5.91 Å². The molecule has 29 heavy (non-hydrogen) atoms. The lowest BCUT2D eigenvalue weighted by molar-refractivity contribution is -0.121. The lowest BCUT2D eigenvalue weighted by Gasteiger charge is -2.28. The van der Waals surface area contributed by atoms with Crippen molar-refractivity contribution in [1.82, 2.24) is 0 Å². The number of carbonyl (C=O) groups excluding carboxylic acids is 1. The maximum atomic E-state index is 13.4. The summed E-state index contributed by atoms with van der Waals surface area (Å²) in [6.07, 6.45) is 9.05. The molecule has 2 fully saturated rings. The van der Waals surface area contributed by atoms with E-state index >= 15 is 0 Å². The highest BCUT2D eigenvalue weighted by atomic mass is 16.5. The molecule has 2 aliphatic carbocycles. The zero-order valence-corrected chi connectivity index (χ0v) is 17.5. The molecule has 4 nitrogen and oxygen atoms in total. The van der Waals surface area contributed by atoms with Gasteiger partial charge in [-0.05, 0) is 86.9 Å². The van der Waals surface area contributed by atoms with Crippen LogP contribution < -0.4 is 14.8 Å². The summed E-state index contributed by atoms with van der Waals surface area (Å²) in [6.45, 7) is 2.05. The first kappa shape index (κ1) is 19.8. The van der Waals surface area contributed by atoms with Crippen molar-refractivity contribution in [3.63, 3.8) is 0 Å². The van der Waals surface area contributed by atoms with Crippen molar-refractivity contribution in [1.29, 1.82) is 0 Å². The topological polar surface area (TPSA) is 47.6 Å². The van der Waals surface area contributed by atoms with Crippen LogP contribution in [0, 0.1) is 6.92 Å². The molecule has 2 saturated carbocycles. The Labute approximate surface area is 173 Å². The van der Waals surface area contributed by atoms with Gasteiger partial charge in [-0.1, -0.05) is 25.0 Å². The molecule has 0 radical (unpaired) electrons. The van der Waals surface area contributed by atoms with Crippen molar-refractivity contribution in [2.24, 2.45) is 0 Å². The molecular weight excluding hydrogens is 362 g/mol. The maximum absolute atomic E-state index is 13.4. The first-order chi connectivity index (χ1) is 14.1. The molecule has 0 heterocycles. The first-order valence-corrected chi connectivity index (χ1v) is 10.8. The number of rotatable bonds is 6. The molecule has 0 saturated heterocycles. The molecule has 1 amide bonds. The van der Waals surface area contributed by atoms with E-state index in [1.54, 1.807) is 7.11 Å². The summed E-state index contributed by atoms with van der Waals surface area (Å²) in [5.74, 6) is 1.83. The quantitative estimate of drug-likeness (QED) is 0.677. The van der Waals surface area contributed by atoms with Gasteiger partial charge in [0.05, 0.1) is 18.6 Å². The second kappa shape index (κ2) is 8.48. The monoisotopic (exact) mass is 393 g/mol. The molecule has 1 N–H and O–H groups in total. The third-order valence-electron chi connectivity index (χ3n) is 6.56. The van der Waals surface area contributed by atoms with E-state index in [2.05, 4.69) is 12.2 Å². The lowest BCUT2D eigenvalue weighted by atomic mass is 9.78. The van der Waals surface area contributed by atoms with Crippen LogP contribution in [0.4, 0.5) is 5.69 Å². The minimum atomic E-state index is -0.459. The number of ether oxygens (including phenoxy) is 2. The Bertz CT molecular complexity index is 847. The summed E-state index contributed by atoms with van der Waals surface area (Å²) in [5, 5.41) is 3.19. The van der Waals surface area contributed by atoms with Crippen LogP contribution in [0.1, 0.15) is 62.5 Å². The molecule has 0 unspecified atom stereocenters. The molecular formula is C25H31NO3. The first-order valence-electron chi connectivity index (χ1n) is 10.8. The predicted octanol–water partition coefficient (Wildman–Crippen LogP) is 5.78. The second-order valence-corrected chi connectivity index (χ2v) is 8.48. The summed E-state index contributed by atoms with van der Waals surface area (Å²) >= 11 is 0. The van der Waals surface area contributed by atoms with Gasteiger partial charge in [-0.25, -0.2) is 0 Å². The average molecular weight is 394 g/mol. The van der Waals surface area contributed by atoms with E-state index < -0.39 is 5.41 Å². The molecule has 0 atom stereocenters. The van der Waals surface area contributed by atoms with Gasteiger partial charge in [-0.15, -0.1) is 0 Å². The number of anilines is 1. The Kier molecular flexibility index (Phi) is 5.79. The van der Waals surface area contributed by atoms with Crippen LogP contribution in [0.5, 0.6) is 11.5 Å². The van der Waals surface area contributed by atoms with Crippen molar-refractivity contribution in [2.45, 2.75) is 69.8 Å². The average Bonchev–Trinajstić information content (AvgIpc) is 3.43. The Morgan fingerprint density at radius 3 is 2.31 bits per heavy atom. The van der Waals surface area contributed by atoms with Gasteiger partial charge in [0, 0.05) is 5.69 Å². The summed E-state index contributed by atoms with van der Waals surface area (Å²) < 4.78 is 11.4. The van der Waals surface area contributed by atoms with E-state index in [9.17, 15) is 4.79 Å². The molecule has 4 rings (SSSR count). The fourth-order valence-corrected chi connectivity index (χ4v) is 4.83. The number of hydrogen-bond acceptors (Lipinski definition) is 3. The van der Waals surface area contributed by atoms with Gasteiger partial charge in [0.25, 0.3) is 0 Å². The van der Waals surface area contributed by atoms with E-state index in [4.69, 9.17) is 9.47 Å². The summed E-state index contributed by atoms with van der Waals surface area (Å²) in [6, 6.07) is 14.0. The molecule has 154 valence electrons. The highest BCUT2D eigenvalue weighted by Crippen LogP contribution is 2.42. The normalized spacial score (nSPS) is 18.6. The van der Waals surface area contributed by atoms with Crippen LogP contribution >= 0.6 is 0 Å². The smallest absolute Gasteiger partial charge is 0.235 e. The van der Waals surface area contributed by atoms with Crippen molar-refractivity contribution in [3.8, 4) is 11.5 Å². The Hall–Kier alpha value is -2.49. The van der Waals surface area contributed by atoms with E-state index in [1.165, 1.54) is 12.8 Å². The highest BCUT2D eigenvalue weighted by molar-refractivity contribution is 5.99. The van der Waals surface area contributed by atoms with Crippen LogP contribution in [0.2, 0.25) is 0 Å². The maximum Gasteiger partial charge on any atom is 0.235 e. The van der Waals surface area contributed by atoms with Gasteiger partial charge in [-0.2, -0.15) is 0 Å². The Balaban J connectivity index is 1.51. The Morgan fingerprint density at radius 2 is 1.69 bits per heavy atom. The van der Waals surface area contributed by atoms with E-state index in [0.29, 0.717) is 6.10 Å². The van der Waals surface area contributed by atoms with E-state index in [-0.39, 0.29) is 5.91 Å². The van der Waals surface area contributed by atoms with Gasteiger partial charge in [-0.3, -0.25) is 4.79 Å². The number of benzene rings is 2. The minimum absolute atomic E-state index is 0.0871. The number of carbonyl (C=O) groups is 1. The number of hydrogen-bond donors (Lipinski definition) is 1. The van der Waals surface area contributed by atoms with Gasteiger partial charge < -0.3 is 14.8 Å². The largest absolute Gasteiger partial charge is 0.497 e. The van der Waals surface area contributed by atoms with Crippen LogP contribution in [-0.2, 0) is 10.2 Å². The van der Waals surface area contributed by atoms with E-state index in [1.807, 2.05) is 42.5 Å². The molecule has 0 aromatic heterocycles. The van der Waals surface area contributed by atoms with Gasteiger partial charge >= 0.3 is 0 Å². The molecule has 0 aliphatic heterocycles. The second-order valence-electron chi connectivity index (χ2n) is 8.48. The minimum Gasteiger partial charge on any atom is -0.497 e. The highest BCUT2D eigenvalue weighted by Gasteiger charge is 2.42. The van der Waals surface area contributed by atoms with Crippen molar-refractivity contribution in [3.05, 3.63) is 53.6 Å². The molecule has 2 aromatic rings. The zero-order valence-electron chi connectivity index (χ0n) is 17.5. The van der Waals surface area contributed by atoms with Crippen molar-refractivity contribution >= 4 is 11.6 Å². The fourth-order valence-electron chi connectivity index (χ4n) is 4.83. The lowest BCUT2D eigenvalue weighted by Crippen LogP contribution is -2.38. The molecule has 2 aromatic carbocycles. The van der Waals surface area contributed by atoms with E-state index in [0.717, 1.165) is 66.8 Å². The predicted molar refractivity (Wildman–Crippen MR) is 116 cm³/mol. The van der Waals surface area contributed by atoms with Gasteiger partial charge in [0.1, 0.15) is 11.5 Å². The number of methoxy groups -OCH3 is 1. The summed E-state index contributed by atoms with van der Waals surface area (Å²) in [4.78, 5) is 13.4. The molecule has 4 heteroatoms. The summed E-state index contributed by atoms with van der Waals surface area (Å²) in [5.41, 5.74) is 2.52. The zero-order chi connectivity index (χ0) is 20.3. The number of aryl methyl sites for hydroxylation is 1. The molecule has 0 bridgehead atoms. The standard InChI is InChI=1S/C25H31NO3/c1-18-17-20(11-14-23(18)29-22-7-3-4-8-22)26-24(27)25(15-5-6-16-25)19-9-12-21(28-2)13-10-19/h9-14,17,22H,3-8,15-16H2,1-2H3,(H,26,27). The van der Waals surface area contributed by atoms with Crippen LogP contribution in [0.25, 0.3) is 0 Å². The third-order valence-corrected chi connectivity index (χ3v) is 6.56. The van der Waals surface area contributed by atoms with Crippen LogP contribution in [-0.4, -0.2) is 19.1 Å². The number of amides is 1. The molecule has 0 spiro atoms. The van der Waals surface area contributed by atoms with Crippen LogP contribution in [0.15, 0.2) is 42.5 Å². The summed E-state index contributed by atoms with van der Waals surface area (Å²) in [7, 11) is 1.66. The fraction of sp³-hybridized carbons (Fsp3) is 0.480. The van der Waals surface area contributed by atoms with Crippen molar-refractivity contribution < 1.29 is 14.3 Å². The molecule has 2 aliphatic rings. The Morgan fingerprint density at radius 1 is 1.00 bits per heavy atom.